The predicted octanol–water partition coefficient (Wildman–Crippen LogP) is 2.55. The van der Waals surface area contributed by atoms with E-state index in [-0.39, 0.29) is 17.2 Å². The molecule has 110 valence electrons. The van der Waals surface area contributed by atoms with Crippen molar-refractivity contribution < 1.29 is 19.8 Å². The molecule has 0 unspecified atom stereocenters. The zero-order valence-corrected chi connectivity index (χ0v) is 11.5. The zero-order valence-electron chi connectivity index (χ0n) is 11.5. The van der Waals surface area contributed by atoms with Gasteiger partial charge < -0.3 is 20.1 Å². The fraction of sp³-hybridized carbons (Fsp3) is 0.200. The molecule has 6 nitrogen and oxygen atoms in total. The van der Waals surface area contributed by atoms with Crippen LogP contribution in [0.1, 0.15) is 34.2 Å². The Morgan fingerprint density at radius 2 is 2.05 bits per heavy atom. The van der Waals surface area contributed by atoms with E-state index in [9.17, 15) is 14.7 Å². The number of amides is 1. The van der Waals surface area contributed by atoms with Crippen molar-refractivity contribution >= 4 is 17.6 Å². The Morgan fingerprint density at radius 1 is 1.29 bits per heavy atom. The molecule has 0 aliphatic heterocycles. The van der Waals surface area contributed by atoms with Crippen LogP contribution in [0.15, 0.2) is 36.5 Å². The van der Waals surface area contributed by atoms with Gasteiger partial charge in [-0.3, -0.25) is 4.79 Å². The van der Waals surface area contributed by atoms with Crippen molar-refractivity contribution in [3.8, 4) is 5.75 Å². The first-order valence-electron chi connectivity index (χ1n) is 6.55. The van der Waals surface area contributed by atoms with Crippen LogP contribution in [-0.2, 0) is 6.54 Å². The highest BCUT2D eigenvalue weighted by Crippen LogP contribution is 2.22. The molecule has 6 heteroatoms. The summed E-state index contributed by atoms with van der Waals surface area (Å²) in [6, 6.07) is 7.40. The summed E-state index contributed by atoms with van der Waals surface area (Å²) in [5.74, 6) is -1.91. The molecule has 21 heavy (non-hydrogen) atoms. The number of carbonyl (C=O) groups excluding carboxylic acids is 1. The minimum absolute atomic E-state index is 0.253. The van der Waals surface area contributed by atoms with Crippen molar-refractivity contribution in [2.75, 3.05) is 5.32 Å². The normalized spacial score (nSPS) is 10.3. The lowest BCUT2D eigenvalue weighted by Crippen LogP contribution is -2.17. The third kappa shape index (κ3) is 3.22. The van der Waals surface area contributed by atoms with Crippen molar-refractivity contribution in [3.05, 3.63) is 47.8 Å². The molecule has 2 rings (SSSR count). The second kappa shape index (κ2) is 6.13. The Bertz CT molecular complexity index is 676. The zero-order chi connectivity index (χ0) is 15.4. The number of aromatic hydroxyl groups is 1. The van der Waals surface area contributed by atoms with Gasteiger partial charge >= 0.3 is 5.97 Å². The van der Waals surface area contributed by atoms with E-state index in [4.69, 9.17) is 5.11 Å². The second-order valence-corrected chi connectivity index (χ2v) is 4.58. The Balaban J connectivity index is 2.21. The predicted molar refractivity (Wildman–Crippen MR) is 77.7 cm³/mol. The second-order valence-electron chi connectivity index (χ2n) is 4.58. The lowest BCUT2D eigenvalue weighted by molar-refractivity contribution is 0.0693. The lowest BCUT2D eigenvalue weighted by Gasteiger charge is -2.10. The Kier molecular flexibility index (Phi) is 4.27. The van der Waals surface area contributed by atoms with Gasteiger partial charge in [-0.1, -0.05) is 6.92 Å². The summed E-state index contributed by atoms with van der Waals surface area (Å²) in [5.41, 5.74) is 0.568. The van der Waals surface area contributed by atoms with E-state index in [0.29, 0.717) is 11.4 Å². The van der Waals surface area contributed by atoms with Crippen LogP contribution in [0.4, 0.5) is 5.69 Å². The highest BCUT2D eigenvalue weighted by atomic mass is 16.4. The Hall–Kier alpha value is -2.76. The van der Waals surface area contributed by atoms with E-state index in [1.165, 1.54) is 18.2 Å². The number of hydrogen-bond donors (Lipinski definition) is 3. The third-order valence-corrected chi connectivity index (χ3v) is 3.01. The fourth-order valence-corrected chi connectivity index (χ4v) is 2.04. The van der Waals surface area contributed by atoms with Crippen LogP contribution in [0.3, 0.4) is 0 Å². The van der Waals surface area contributed by atoms with Crippen molar-refractivity contribution in [2.24, 2.45) is 0 Å². The molecule has 3 N–H and O–H groups in total. The van der Waals surface area contributed by atoms with Crippen molar-refractivity contribution in [3.63, 3.8) is 0 Å². The van der Waals surface area contributed by atoms with Gasteiger partial charge in [0.15, 0.2) is 0 Å². The molecule has 1 heterocycles. The summed E-state index contributed by atoms with van der Waals surface area (Å²) < 4.78 is 1.83. The summed E-state index contributed by atoms with van der Waals surface area (Å²) in [6.45, 7) is 2.74. The summed E-state index contributed by atoms with van der Waals surface area (Å²) in [6.07, 6.45) is 2.72. The van der Waals surface area contributed by atoms with Gasteiger partial charge in [0.05, 0.1) is 0 Å². The minimum atomic E-state index is -1.25. The molecule has 0 aliphatic carbocycles. The summed E-state index contributed by atoms with van der Waals surface area (Å²) >= 11 is 0. The average Bonchev–Trinajstić information content (AvgIpc) is 2.89. The minimum Gasteiger partial charge on any atom is -0.507 e. The number of rotatable bonds is 5. The number of aryl methyl sites for hydroxylation is 1. The largest absolute Gasteiger partial charge is 0.507 e. The maximum Gasteiger partial charge on any atom is 0.339 e. The number of anilines is 1. The van der Waals surface area contributed by atoms with Gasteiger partial charge in [0.2, 0.25) is 0 Å². The highest BCUT2D eigenvalue weighted by Gasteiger charge is 2.14. The number of nitrogens with one attached hydrogen (secondary N) is 1. The van der Waals surface area contributed by atoms with Gasteiger partial charge in [-0.05, 0) is 36.8 Å². The van der Waals surface area contributed by atoms with Crippen molar-refractivity contribution in [1.29, 1.82) is 0 Å². The van der Waals surface area contributed by atoms with E-state index in [0.717, 1.165) is 13.0 Å². The van der Waals surface area contributed by atoms with E-state index >= 15 is 0 Å². The standard InChI is InChI=1S/C15H16N2O4/c1-2-7-17-8-3-4-12(17)14(19)16-10-5-6-13(18)11(9-10)15(20)21/h3-6,8-9,18H,2,7H2,1H3,(H,16,19)(H,20,21). The van der Waals surface area contributed by atoms with Gasteiger partial charge in [-0.25, -0.2) is 4.79 Å². The van der Waals surface area contributed by atoms with Gasteiger partial charge in [0.25, 0.3) is 5.91 Å². The lowest BCUT2D eigenvalue weighted by atomic mass is 10.1. The van der Waals surface area contributed by atoms with Crippen molar-refractivity contribution in [2.45, 2.75) is 19.9 Å². The van der Waals surface area contributed by atoms with Gasteiger partial charge in [-0.15, -0.1) is 0 Å². The van der Waals surface area contributed by atoms with Gasteiger partial charge in [-0.2, -0.15) is 0 Å². The van der Waals surface area contributed by atoms with Crippen LogP contribution >= 0.6 is 0 Å². The van der Waals surface area contributed by atoms with Crippen LogP contribution in [0.25, 0.3) is 0 Å². The monoisotopic (exact) mass is 288 g/mol. The molecule has 0 atom stereocenters. The SMILES string of the molecule is CCCn1cccc1C(=O)Nc1ccc(O)c(C(=O)O)c1. The molecule has 0 aliphatic rings. The molecule has 1 amide bonds. The van der Waals surface area contributed by atoms with E-state index in [1.54, 1.807) is 12.1 Å². The molecular formula is C15H16N2O4. The topological polar surface area (TPSA) is 91.6 Å². The number of carboxylic acids is 1. The number of hydrogen-bond acceptors (Lipinski definition) is 3. The van der Waals surface area contributed by atoms with Crippen LogP contribution < -0.4 is 5.32 Å². The number of phenols is 1. The first kappa shape index (κ1) is 14.6. The number of aromatic nitrogens is 1. The van der Waals surface area contributed by atoms with E-state index < -0.39 is 5.97 Å². The van der Waals surface area contributed by atoms with E-state index in [2.05, 4.69) is 5.32 Å². The Morgan fingerprint density at radius 3 is 2.71 bits per heavy atom. The van der Waals surface area contributed by atoms with E-state index in [1.807, 2.05) is 17.7 Å². The van der Waals surface area contributed by atoms with Gasteiger partial charge in [0.1, 0.15) is 17.0 Å². The maximum absolute atomic E-state index is 12.2. The smallest absolute Gasteiger partial charge is 0.339 e. The molecule has 0 saturated carbocycles. The molecule has 0 spiro atoms. The number of nitrogens with zero attached hydrogens (tertiary/aromatic N) is 1. The number of aromatic carboxylic acids is 1. The molecule has 0 fully saturated rings. The highest BCUT2D eigenvalue weighted by molar-refractivity contribution is 6.04. The fourth-order valence-electron chi connectivity index (χ4n) is 2.04. The van der Waals surface area contributed by atoms with Crippen molar-refractivity contribution in [1.82, 2.24) is 4.57 Å². The molecule has 0 saturated heterocycles. The van der Waals surface area contributed by atoms with Gasteiger partial charge in [0, 0.05) is 18.4 Å². The maximum atomic E-state index is 12.2. The quantitative estimate of drug-likeness (QED) is 0.737. The Labute approximate surface area is 121 Å². The number of carboxylic acid groups (broad SMARTS) is 1. The van der Waals surface area contributed by atoms with Crippen LogP contribution in [0, 0.1) is 0 Å². The first-order chi connectivity index (χ1) is 10.0. The van der Waals surface area contributed by atoms with Crippen LogP contribution in [0.5, 0.6) is 5.75 Å². The first-order valence-corrected chi connectivity index (χ1v) is 6.55. The molecular weight excluding hydrogens is 272 g/mol. The third-order valence-electron chi connectivity index (χ3n) is 3.01. The number of benzene rings is 1. The average molecular weight is 288 g/mol. The summed E-state index contributed by atoms with van der Waals surface area (Å²) in [7, 11) is 0. The van der Waals surface area contributed by atoms with Crippen LogP contribution in [-0.4, -0.2) is 26.7 Å². The summed E-state index contributed by atoms with van der Waals surface area (Å²) in [4.78, 5) is 23.1. The molecule has 2 aromatic rings. The van der Waals surface area contributed by atoms with Crippen LogP contribution in [0.2, 0.25) is 0 Å². The molecule has 1 aromatic heterocycles. The summed E-state index contributed by atoms with van der Waals surface area (Å²) in [5, 5.41) is 21.0. The molecule has 0 bridgehead atoms. The number of carbonyl (C=O) groups is 2. The molecule has 0 radical (unpaired) electrons. The molecule has 1 aromatic carbocycles.